The summed E-state index contributed by atoms with van der Waals surface area (Å²) < 4.78 is 6.25. The Balaban J connectivity index is 2.72. The fraction of sp³-hybridized carbons (Fsp3) is 0.750. The number of hydrogen-bond acceptors (Lipinski definition) is 2. The van der Waals surface area contributed by atoms with Crippen LogP contribution in [-0.2, 0) is 4.74 Å². The van der Waals surface area contributed by atoms with Crippen LogP contribution in [0.2, 0.25) is 0 Å². The fourth-order valence-electron chi connectivity index (χ4n) is 3.79. The number of rotatable bonds is 2. The molecule has 0 bridgehead atoms. The Bertz CT molecular complexity index is 521. The van der Waals surface area contributed by atoms with Gasteiger partial charge in [0.15, 0.2) is 0 Å². The van der Waals surface area contributed by atoms with E-state index in [4.69, 9.17) is 9.72 Å². The molecule has 0 N–H and O–H groups in total. The van der Waals surface area contributed by atoms with Crippen LogP contribution in [0, 0.1) is 18.8 Å². The summed E-state index contributed by atoms with van der Waals surface area (Å²) in [7, 11) is 0. The molecule has 1 aliphatic heterocycles. The van der Waals surface area contributed by atoms with Gasteiger partial charge in [-0.3, -0.25) is 4.98 Å². The highest BCUT2D eigenvalue weighted by atomic mass is 16.5. The third kappa shape index (κ3) is 3.08. The van der Waals surface area contributed by atoms with Gasteiger partial charge < -0.3 is 4.74 Å². The largest absolute Gasteiger partial charge is 0.378 e. The van der Waals surface area contributed by atoms with Crippen LogP contribution < -0.4 is 0 Å². The molecular formula is C20H33NO. The summed E-state index contributed by atoms with van der Waals surface area (Å²) in [4.78, 5) is 4.75. The lowest BCUT2D eigenvalue weighted by Gasteiger charge is -2.38. The Morgan fingerprint density at radius 2 is 1.73 bits per heavy atom. The van der Waals surface area contributed by atoms with Gasteiger partial charge in [0.05, 0.1) is 12.7 Å². The second-order valence-corrected chi connectivity index (χ2v) is 7.82. The van der Waals surface area contributed by atoms with Crippen molar-refractivity contribution < 1.29 is 4.74 Å². The van der Waals surface area contributed by atoms with E-state index in [2.05, 4.69) is 61.6 Å². The first-order chi connectivity index (χ1) is 10.3. The highest BCUT2D eigenvalue weighted by Gasteiger charge is 2.34. The van der Waals surface area contributed by atoms with Gasteiger partial charge in [0.25, 0.3) is 0 Å². The minimum absolute atomic E-state index is 0.298. The third-order valence-electron chi connectivity index (χ3n) is 5.71. The van der Waals surface area contributed by atoms with Crippen LogP contribution in [0.15, 0.2) is 6.20 Å². The number of fused-ring (bicyclic) bond motifs is 1. The lowest BCUT2D eigenvalue weighted by atomic mass is 9.73. The number of aryl methyl sites for hydroxylation is 1. The van der Waals surface area contributed by atoms with Crippen LogP contribution in [0.4, 0.5) is 0 Å². The van der Waals surface area contributed by atoms with Gasteiger partial charge in [-0.2, -0.15) is 0 Å². The minimum atomic E-state index is 0.298. The van der Waals surface area contributed by atoms with Crippen molar-refractivity contribution in [1.29, 1.82) is 0 Å². The molecule has 0 aliphatic carbocycles. The molecular weight excluding hydrogens is 270 g/mol. The van der Waals surface area contributed by atoms with Crippen LogP contribution in [0.3, 0.4) is 0 Å². The second-order valence-electron chi connectivity index (χ2n) is 7.82. The maximum Gasteiger partial charge on any atom is 0.0578 e. The summed E-state index contributed by atoms with van der Waals surface area (Å²) >= 11 is 0. The van der Waals surface area contributed by atoms with E-state index in [1.807, 2.05) is 0 Å². The smallest absolute Gasteiger partial charge is 0.0578 e. The van der Waals surface area contributed by atoms with Gasteiger partial charge >= 0.3 is 0 Å². The molecule has 0 amide bonds. The van der Waals surface area contributed by atoms with E-state index in [0.29, 0.717) is 35.7 Å². The van der Waals surface area contributed by atoms with Crippen molar-refractivity contribution in [1.82, 2.24) is 4.98 Å². The Labute approximate surface area is 136 Å². The molecule has 1 unspecified atom stereocenters. The normalized spacial score (nSPS) is 29.4. The predicted molar refractivity (Wildman–Crippen MR) is 93.6 cm³/mol. The predicted octanol–water partition coefficient (Wildman–Crippen LogP) is 5.41. The van der Waals surface area contributed by atoms with Crippen LogP contribution in [0.25, 0.3) is 0 Å². The molecule has 2 rings (SSSR count). The summed E-state index contributed by atoms with van der Waals surface area (Å²) in [5, 5.41) is 0. The molecule has 0 radical (unpaired) electrons. The number of aromatic nitrogens is 1. The average Bonchev–Trinajstić information content (AvgIpc) is 2.44. The van der Waals surface area contributed by atoms with Crippen LogP contribution in [-0.4, -0.2) is 17.7 Å². The van der Waals surface area contributed by atoms with Crippen molar-refractivity contribution in [2.45, 2.75) is 79.2 Å². The van der Waals surface area contributed by atoms with E-state index in [9.17, 15) is 0 Å². The molecule has 0 saturated heterocycles. The molecule has 2 heteroatoms. The van der Waals surface area contributed by atoms with Gasteiger partial charge in [-0.1, -0.05) is 41.5 Å². The summed E-state index contributed by atoms with van der Waals surface area (Å²) in [6, 6.07) is 0. The molecule has 1 aliphatic rings. The standard InChI is InChI=1S/C20H33NO/c1-11(2)17-9-21-15(7)19-14(6)13(5)16(8)22-10-18(12(3)4)20(17)19/h9,11-14,16,18H,10H2,1-8H3/t13-,14+,16-,18?/m1/s1. The van der Waals surface area contributed by atoms with Gasteiger partial charge in [-0.05, 0) is 54.2 Å². The quantitative estimate of drug-likeness (QED) is 0.728. The highest BCUT2D eigenvalue weighted by molar-refractivity contribution is 5.43. The summed E-state index contributed by atoms with van der Waals surface area (Å²) in [6.07, 6.45) is 2.41. The molecule has 0 spiro atoms. The van der Waals surface area contributed by atoms with Gasteiger partial charge in [0.2, 0.25) is 0 Å². The van der Waals surface area contributed by atoms with Gasteiger partial charge in [0.1, 0.15) is 0 Å². The number of ether oxygens (including phenoxy) is 1. The van der Waals surface area contributed by atoms with Crippen molar-refractivity contribution in [3.05, 3.63) is 28.6 Å². The molecule has 2 nitrogen and oxygen atoms in total. The minimum Gasteiger partial charge on any atom is -0.378 e. The SMILES string of the molecule is Cc1ncc(C(C)C)c2c1[C@@H](C)[C@@H](C)[C@@H](C)OCC2C(C)C. The Kier molecular flexibility index (Phi) is 5.32. The maximum atomic E-state index is 6.25. The third-order valence-corrected chi connectivity index (χ3v) is 5.71. The number of pyridine rings is 1. The molecule has 124 valence electrons. The fourth-order valence-corrected chi connectivity index (χ4v) is 3.79. The molecule has 0 fully saturated rings. The molecule has 1 aromatic rings. The van der Waals surface area contributed by atoms with Gasteiger partial charge in [-0.15, -0.1) is 0 Å². The zero-order valence-electron chi connectivity index (χ0n) is 15.6. The molecule has 0 saturated carbocycles. The molecule has 2 heterocycles. The first kappa shape index (κ1) is 17.5. The summed E-state index contributed by atoms with van der Waals surface area (Å²) in [5.74, 6) is 2.53. The highest BCUT2D eigenvalue weighted by Crippen LogP contribution is 2.43. The van der Waals surface area contributed by atoms with E-state index >= 15 is 0 Å². The molecule has 22 heavy (non-hydrogen) atoms. The van der Waals surface area contributed by atoms with Crippen molar-refractivity contribution >= 4 is 0 Å². The lowest BCUT2D eigenvalue weighted by Crippen LogP contribution is -2.32. The van der Waals surface area contributed by atoms with Crippen LogP contribution >= 0.6 is 0 Å². The zero-order chi connectivity index (χ0) is 16.6. The Morgan fingerprint density at radius 1 is 1.09 bits per heavy atom. The first-order valence-corrected chi connectivity index (χ1v) is 8.86. The lowest BCUT2D eigenvalue weighted by molar-refractivity contribution is 0.00403. The molecule has 0 aromatic carbocycles. The van der Waals surface area contributed by atoms with Crippen molar-refractivity contribution in [3.8, 4) is 0 Å². The van der Waals surface area contributed by atoms with Gasteiger partial charge in [-0.25, -0.2) is 0 Å². The number of hydrogen-bond donors (Lipinski definition) is 0. The van der Waals surface area contributed by atoms with Crippen molar-refractivity contribution in [2.75, 3.05) is 6.61 Å². The Morgan fingerprint density at radius 3 is 2.27 bits per heavy atom. The summed E-state index contributed by atoms with van der Waals surface area (Å²) in [6.45, 7) is 19.1. The first-order valence-electron chi connectivity index (χ1n) is 8.86. The Hall–Kier alpha value is -0.890. The van der Waals surface area contributed by atoms with Crippen LogP contribution in [0.1, 0.15) is 88.6 Å². The zero-order valence-corrected chi connectivity index (χ0v) is 15.6. The molecule has 4 atom stereocenters. The monoisotopic (exact) mass is 303 g/mol. The van der Waals surface area contributed by atoms with Gasteiger partial charge in [0, 0.05) is 17.8 Å². The van der Waals surface area contributed by atoms with E-state index < -0.39 is 0 Å². The number of nitrogens with zero attached hydrogens (tertiary/aromatic N) is 1. The van der Waals surface area contributed by atoms with E-state index in [1.54, 1.807) is 0 Å². The molecule has 1 aromatic heterocycles. The average molecular weight is 303 g/mol. The van der Waals surface area contributed by atoms with E-state index in [-0.39, 0.29) is 0 Å². The van der Waals surface area contributed by atoms with Crippen molar-refractivity contribution in [2.24, 2.45) is 11.8 Å². The topological polar surface area (TPSA) is 22.1 Å². The maximum absolute atomic E-state index is 6.25. The van der Waals surface area contributed by atoms with E-state index in [1.165, 1.54) is 22.4 Å². The summed E-state index contributed by atoms with van der Waals surface area (Å²) in [5.41, 5.74) is 5.64. The van der Waals surface area contributed by atoms with Crippen molar-refractivity contribution in [3.63, 3.8) is 0 Å². The van der Waals surface area contributed by atoms with Crippen LogP contribution in [0.5, 0.6) is 0 Å². The second kappa shape index (κ2) is 6.70. The van der Waals surface area contributed by atoms with E-state index in [0.717, 1.165) is 6.61 Å².